The number of nitrogens with zero attached hydrogens (tertiary/aromatic N) is 1. The first kappa shape index (κ1) is 20.7. The first-order valence-electron chi connectivity index (χ1n) is 8.33. The van der Waals surface area contributed by atoms with Crippen molar-refractivity contribution in [2.75, 3.05) is 26.3 Å². The number of imide groups is 1. The Bertz CT molecular complexity index is 499. The zero-order chi connectivity index (χ0) is 18.5. The summed E-state index contributed by atoms with van der Waals surface area (Å²) in [5.41, 5.74) is 0. The molecule has 0 saturated carbocycles. The zero-order valence-corrected chi connectivity index (χ0v) is 14.1. The number of carbonyl (C=O) groups is 5. The summed E-state index contributed by atoms with van der Waals surface area (Å²) in [7, 11) is 0. The minimum atomic E-state index is -0.408. The fraction of sp³-hybridized carbons (Fsp3) is 0.588. The topological polar surface area (TPSA) is 110 Å². The summed E-state index contributed by atoms with van der Waals surface area (Å²) in [4.78, 5) is 56.4. The van der Waals surface area contributed by atoms with E-state index in [1.807, 2.05) is 0 Å². The number of nitrogens with one attached hydrogen (secondary N) is 1. The van der Waals surface area contributed by atoms with Crippen LogP contribution >= 0.6 is 0 Å². The molecule has 8 heteroatoms. The fourth-order valence-corrected chi connectivity index (χ4v) is 2.35. The van der Waals surface area contributed by atoms with Gasteiger partial charge in [0, 0.05) is 51.1 Å². The van der Waals surface area contributed by atoms with E-state index in [4.69, 9.17) is 4.74 Å². The summed E-state index contributed by atoms with van der Waals surface area (Å²) in [6.07, 6.45) is 6.06. The van der Waals surface area contributed by atoms with Gasteiger partial charge in [-0.1, -0.05) is 0 Å². The van der Waals surface area contributed by atoms with Gasteiger partial charge in [0.15, 0.2) is 0 Å². The van der Waals surface area contributed by atoms with Crippen molar-refractivity contribution in [3.8, 4) is 0 Å². The molecule has 0 aromatic carbocycles. The molecule has 0 spiro atoms. The number of hydrogen-bond acceptors (Lipinski definition) is 6. The minimum absolute atomic E-state index is 0.0371. The molecule has 0 fully saturated rings. The lowest BCUT2D eigenvalue weighted by Crippen LogP contribution is -2.36. The quantitative estimate of drug-likeness (QED) is 0.268. The van der Waals surface area contributed by atoms with E-state index < -0.39 is 11.8 Å². The highest BCUT2D eigenvalue weighted by Crippen LogP contribution is 2.10. The molecule has 0 radical (unpaired) electrons. The molecule has 8 nitrogen and oxygen atoms in total. The van der Waals surface area contributed by atoms with Gasteiger partial charge in [-0.3, -0.25) is 19.3 Å². The normalized spacial score (nSPS) is 14.6. The van der Waals surface area contributed by atoms with Crippen LogP contribution < -0.4 is 5.32 Å². The molecule has 3 amide bonds. The Balaban J connectivity index is 2.27. The molecule has 25 heavy (non-hydrogen) atoms. The van der Waals surface area contributed by atoms with Crippen molar-refractivity contribution in [2.45, 2.75) is 32.1 Å². The van der Waals surface area contributed by atoms with E-state index in [-0.39, 0.29) is 24.8 Å². The Hall–Kier alpha value is -2.35. The van der Waals surface area contributed by atoms with Crippen molar-refractivity contribution >= 4 is 30.3 Å². The second kappa shape index (κ2) is 12.1. The maximum absolute atomic E-state index is 11.9. The van der Waals surface area contributed by atoms with Gasteiger partial charge in [-0.15, -0.1) is 0 Å². The average Bonchev–Trinajstić information content (AvgIpc) is 2.92. The minimum Gasteiger partial charge on any atom is -0.381 e. The number of hydrogen-bond donors (Lipinski definition) is 1. The molecule has 1 aliphatic heterocycles. The average molecular weight is 352 g/mol. The lowest BCUT2D eigenvalue weighted by molar-refractivity contribution is -0.137. The Kier molecular flexibility index (Phi) is 10.00. The molecule has 0 aromatic heterocycles. The molecule has 138 valence electrons. The van der Waals surface area contributed by atoms with E-state index in [9.17, 15) is 24.0 Å². The van der Waals surface area contributed by atoms with Gasteiger partial charge < -0.3 is 19.6 Å². The van der Waals surface area contributed by atoms with E-state index in [1.165, 1.54) is 12.2 Å². The predicted octanol–water partition coefficient (Wildman–Crippen LogP) is 0.00870. The molecule has 0 saturated heterocycles. The summed E-state index contributed by atoms with van der Waals surface area (Å²) in [5, 5.41) is 2.76. The molecule has 1 atom stereocenters. The largest absolute Gasteiger partial charge is 0.381 e. The smallest absolute Gasteiger partial charge is 0.253 e. The van der Waals surface area contributed by atoms with Crippen LogP contribution in [0.1, 0.15) is 32.1 Å². The monoisotopic (exact) mass is 352 g/mol. The molecule has 0 aliphatic carbocycles. The van der Waals surface area contributed by atoms with E-state index >= 15 is 0 Å². The molecule has 0 bridgehead atoms. The van der Waals surface area contributed by atoms with Gasteiger partial charge in [0.1, 0.15) is 12.6 Å². The van der Waals surface area contributed by atoms with Gasteiger partial charge in [-0.25, -0.2) is 0 Å². The molecule has 1 rings (SSSR count). The van der Waals surface area contributed by atoms with Gasteiger partial charge >= 0.3 is 0 Å². The van der Waals surface area contributed by atoms with Crippen LogP contribution in [0, 0.1) is 5.92 Å². The third kappa shape index (κ3) is 8.35. The predicted molar refractivity (Wildman–Crippen MR) is 88.4 cm³/mol. The third-order valence-electron chi connectivity index (χ3n) is 3.79. The molecule has 0 aromatic rings. The second-order valence-electron chi connectivity index (χ2n) is 5.68. The van der Waals surface area contributed by atoms with Crippen molar-refractivity contribution < 1.29 is 28.7 Å². The van der Waals surface area contributed by atoms with Crippen molar-refractivity contribution in [3.05, 3.63) is 12.2 Å². The van der Waals surface area contributed by atoms with E-state index in [0.717, 1.165) is 17.5 Å². The van der Waals surface area contributed by atoms with Crippen LogP contribution in [-0.4, -0.2) is 61.5 Å². The molecular weight excluding hydrogens is 328 g/mol. The SMILES string of the molecule is O=CCCOCCC(CCC=O)CNC(=O)CCN1C(=O)C=CC1=O. The number of aldehydes is 2. The maximum Gasteiger partial charge on any atom is 0.253 e. The number of ether oxygens (including phenoxy) is 1. The Morgan fingerprint density at radius 2 is 1.76 bits per heavy atom. The highest BCUT2D eigenvalue weighted by atomic mass is 16.5. The van der Waals surface area contributed by atoms with Crippen molar-refractivity contribution in [1.82, 2.24) is 10.2 Å². The molecule has 1 N–H and O–H groups in total. The van der Waals surface area contributed by atoms with Crippen molar-refractivity contribution in [2.24, 2.45) is 5.92 Å². The Morgan fingerprint density at radius 1 is 1.08 bits per heavy atom. The highest BCUT2D eigenvalue weighted by molar-refractivity contribution is 6.13. The highest BCUT2D eigenvalue weighted by Gasteiger charge is 2.23. The summed E-state index contributed by atoms with van der Waals surface area (Å²) in [6.45, 7) is 1.26. The lowest BCUT2D eigenvalue weighted by atomic mass is 10.00. The first-order chi connectivity index (χ1) is 12.1. The molecule has 1 heterocycles. The number of carbonyl (C=O) groups excluding carboxylic acids is 5. The van der Waals surface area contributed by atoms with Crippen LogP contribution in [0.5, 0.6) is 0 Å². The van der Waals surface area contributed by atoms with Crippen molar-refractivity contribution in [3.63, 3.8) is 0 Å². The van der Waals surface area contributed by atoms with Gasteiger partial charge in [-0.05, 0) is 18.8 Å². The summed E-state index contributed by atoms with van der Waals surface area (Å²) in [6, 6.07) is 0. The van der Waals surface area contributed by atoms with Crippen LogP contribution in [-0.2, 0) is 28.7 Å². The van der Waals surface area contributed by atoms with Crippen LogP contribution in [0.3, 0.4) is 0 Å². The van der Waals surface area contributed by atoms with Crippen LogP contribution in [0.4, 0.5) is 0 Å². The summed E-state index contributed by atoms with van der Waals surface area (Å²) >= 11 is 0. The van der Waals surface area contributed by atoms with Gasteiger partial charge in [0.2, 0.25) is 5.91 Å². The van der Waals surface area contributed by atoms with Crippen LogP contribution in [0.15, 0.2) is 12.2 Å². The van der Waals surface area contributed by atoms with Gasteiger partial charge in [0.25, 0.3) is 11.8 Å². The second-order valence-corrected chi connectivity index (χ2v) is 5.68. The standard InChI is InChI=1S/C17H24N2O6/c20-9-1-3-14(7-12-25-11-2-10-21)13-18-15(22)6-8-19-16(23)4-5-17(19)24/h4-5,9-10,14H,1-3,6-8,11-13H2,(H,18,22). The Labute approximate surface area is 146 Å². The molecule has 1 unspecified atom stereocenters. The molecule has 1 aliphatic rings. The maximum atomic E-state index is 11.9. The first-order valence-corrected chi connectivity index (χ1v) is 8.33. The fourth-order valence-electron chi connectivity index (χ4n) is 2.35. The summed E-state index contributed by atoms with van der Waals surface area (Å²) in [5.74, 6) is -0.990. The zero-order valence-electron chi connectivity index (χ0n) is 14.1. The number of amides is 3. The van der Waals surface area contributed by atoms with Crippen LogP contribution in [0.2, 0.25) is 0 Å². The van der Waals surface area contributed by atoms with E-state index in [1.54, 1.807) is 0 Å². The lowest BCUT2D eigenvalue weighted by Gasteiger charge is -2.18. The van der Waals surface area contributed by atoms with Gasteiger partial charge in [0.05, 0.1) is 6.61 Å². The number of rotatable bonds is 14. The summed E-state index contributed by atoms with van der Waals surface area (Å²) < 4.78 is 5.31. The Morgan fingerprint density at radius 3 is 2.40 bits per heavy atom. The van der Waals surface area contributed by atoms with Crippen LogP contribution in [0.25, 0.3) is 0 Å². The van der Waals surface area contributed by atoms with E-state index in [2.05, 4.69) is 5.32 Å². The van der Waals surface area contributed by atoms with E-state index in [0.29, 0.717) is 45.4 Å². The van der Waals surface area contributed by atoms with Gasteiger partial charge in [-0.2, -0.15) is 0 Å². The van der Waals surface area contributed by atoms with Crippen molar-refractivity contribution in [1.29, 1.82) is 0 Å². The molecular formula is C17H24N2O6. The third-order valence-corrected chi connectivity index (χ3v) is 3.79.